The predicted molar refractivity (Wildman–Crippen MR) is 77.8 cm³/mol. The number of para-hydroxylation sites is 1. The lowest BCUT2D eigenvalue weighted by molar-refractivity contribution is -0.119. The van der Waals surface area contributed by atoms with E-state index in [0.29, 0.717) is 29.4 Å². The van der Waals surface area contributed by atoms with E-state index in [2.05, 4.69) is 15.4 Å². The van der Waals surface area contributed by atoms with Crippen LogP contribution in [0.25, 0.3) is 5.69 Å². The average Bonchev–Trinajstić information content (AvgIpc) is 2.94. The van der Waals surface area contributed by atoms with Gasteiger partial charge in [0.2, 0.25) is 5.91 Å². The van der Waals surface area contributed by atoms with Gasteiger partial charge in [-0.05, 0) is 18.6 Å². The van der Waals surface area contributed by atoms with Crippen LogP contribution in [-0.4, -0.2) is 27.2 Å². The molecule has 1 unspecified atom stereocenters. The van der Waals surface area contributed by atoms with Gasteiger partial charge in [0, 0.05) is 6.54 Å². The van der Waals surface area contributed by atoms with Crippen LogP contribution in [0, 0.1) is 5.92 Å². The molecule has 1 amide bonds. The zero-order chi connectivity index (χ0) is 14.5. The number of hydrogen-bond donors (Lipinski definition) is 2. The highest BCUT2D eigenvalue weighted by Crippen LogP contribution is 2.28. The zero-order valence-corrected chi connectivity index (χ0v) is 11.8. The van der Waals surface area contributed by atoms with Crippen molar-refractivity contribution in [2.75, 3.05) is 11.9 Å². The maximum Gasteiger partial charge on any atom is 0.228 e. The van der Waals surface area contributed by atoms with Crippen LogP contribution < -0.4 is 11.1 Å². The van der Waals surface area contributed by atoms with Gasteiger partial charge < -0.3 is 11.1 Å². The Balaban J connectivity index is 2.33. The molecule has 0 aliphatic carbocycles. The second-order valence-electron chi connectivity index (χ2n) is 4.31. The summed E-state index contributed by atoms with van der Waals surface area (Å²) >= 11 is 6.19. The molecule has 3 N–H and O–H groups in total. The van der Waals surface area contributed by atoms with Crippen molar-refractivity contribution in [2.24, 2.45) is 11.7 Å². The Morgan fingerprint density at radius 2 is 2.35 bits per heavy atom. The molecule has 1 heterocycles. The first-order valence-electron chi connectivity index (χ1n) is 6.31. The number of amides is 1. The van der Waals surface area contributed by atoms with E-state index in [1.54, 1.807) is 18.2 Å². The molecule has 2 aromatic rings. The molecular weight excluding hydrogens is 278 g/mol. The van der Waals surface area contributed by atoms with Crippen molar-refractivity contribution in [1.29, 1.82) is 0 Å². The number of halogens is 1. The molecule has 1 aromatic carbocycles. The summed E-state index contributed by atoms with van der Waals surface area (Å²) in [5.74, 6) is -0.351. The Labute approximate surface area is 121 Å². The molecular formula is C13H16ClN5O. The molecule has 2 rings (SSSR count). The largest absolute Gasteiger partial charge is 0.330 e. The molecule has 0 aliphatic heterocycles. The normalized spacial score (nSPS) is 12.2. The van der Waals surface area contributed by atoms with Crippen molar-refractivity contribution in [3.8, 4) is 5.69 Å². The minimum atomic E-state index is -0.224. The van der Waals surface area contributed by atoms with Crippen molar-refractivity contribution in [2.45, 2.75) is 13.3 Å². The Kier molecular flexibility index (Phi) is 4.70. The van der Waals surface area contributed by atoms with Gasteiger partial charge in [-0.25, -0.2) is 9.67 Å². The third-order valence-corrected chi connectivity index (χ3v) is 3.35. The quantitative estimate of drug-likeness (QED) is 0.881. The van der Waals surface area contributed by atoms with Crippen LogP contribution in [0.15, 0.2) is 30.9 Å². The molecule has 0 fully saturated rings. The van der Waals surface area contributed by atoms with Crippen molar-refractivity contribution in [3.63, 3.8) is 0 Å². The van der Waals surface area contributed by atoms with Crippen LogP contribution in [0.2, 0.25) is 5.02 Å². The minimum Gasteiger partial charge on any atom is -0.330 e. The zero-order valence-electron chi connectivity index (χ0n) is 11.1. The summed E-state index contributed by atoms with van der Waals surface area (Å²) < 4.78 is 1.52. The fourth-order valence-electron chi connectivity index (χ4n) is 1.87. The monoisotopic (exact) mass is 293 g/mol. The summed E-state index contributed by atoms with van der Waals surface area (Å²) in [6.07, 6.45) is 3.61. The highest BCUT2D eigenvalue weighted by Gasteiger charge is 2.17. The van der Waals surface area contributed by atoms with Gasteiger partial charge in [-0.3, -0.25) is 4.79 Å². The number of hydrogen-bond acceptors (Lipinski definition) is 4. The summed E-state index contributed by atoms with van der Waals surface area (Å²) in [5, 5.41) is 7.38. The summed E-state index contributed by atoms with van der Waals surface area (Å²) in [5.41, 5.74) is 6.76. The number of anilines is 1. The first kappa shape index (κ1) is 14.5. The SMILES string of the molecule is CCC(CN)C(=O)Nc1cccc(Cl)c1-n1cncn1. The summed E-state index contributed by atoms with van der Waals surface area (Å²) in [7, 11) is 0. The smallest absolute Gasteiger partial charge is 0.228 e. The highest BCUT2D eigenvalue weighted by atomic mass is 35.5. The van der Waals surface area contributed by atoms with Gasteiger partial charge in [0.25, 0.3) is 0 Å². The van der Waals surface area contributed by atoms with Crippen LogP contribution in [0.1, 0.15) is 13.3 Å². The van der Waals surface area contributed by atoms with E-state index < -0.39 is 0 Å². The summed E-state index contributed by atoms with van der Waals surface area (Å²) in [6.45, 7) is 2.23. The minimum absolute atomic E-state index is 0.126. The molecule has 7 heteroatoms. The number of rotatable bonds is 5. The number of nitrogens with two attached hydrogens (primary N) is 1. The van der Waals surface area contributed by atoms with Crippen molar-refractivity contribution in [1.82, 2.24) is 14.8 Å². The first-order valence-corrected chi connectivity index (χ1v) is 6.69. The van der Waals surface area contributed by atoms with Crippen LogP contribution in [-0.2, 0) is 4.79 Å². The van der Waals surface area contributed by atoms with E-state index in [1.807, 2.05) is 6.92 Å². The van der Waals surface area contributed by atoms with E-state index in [1.165, 1.54) is 17.3 Å². The van der Waals surface area contributed by atoms with Gasteiger partial charge >= 0.3 is 0 Å². The molecule has 0 aliphatic rings. The lowest BCUT2D eigenvalue weighted by Gasteiger charge is -2.16. The van der Waals surface area contributed by atoms with Gasteiger partial charge in [-0.1, -0.05) is 24.6 Å². The molecule has 1 atom stereocenters. The fourth-order valence-corrected chi connectivity index (χ4v) is 2.13. The third kappa shape index (κ3) is 2.97. The summed E-state index contributed by atoms with van der Waals surface area (Å²) in [6, 6.07) is 5.26. The fraction of sp³-hybridized carbons (Fsp3) is 0.308. The van der Waals surface area contributed by atoms with Crippen LogP contribution in [0.3, 0.4) is 0 Å². The van der Waals surface area contributed by atoms with E-state index >= 15 is 0 Å². The van der Waals surface area contributed by atoms with E-state index in [-0.39, 0.29) is 11.8 Å². The lowest BCUT2D eigenvalue weighted by Crippen LogP contribution is -2.29. The molecule has 0 radical (unpaired) electrons. The van der Waals surface area contributed by atoms with Crippen molar-refractivity contribution in [3.05, 3.63) is 35.9 Å². The summed E-state index contributed by atoms with van der Waals surface area (Å²) in [4.78, 5) is 16.0. The van der Waals surface area contributed by atoms with Crippen LogP contribution in [0.4, 0.5) is 5.69 Å². The average molecular weight is 294 g/mol. The topological polar surface area (TPSA) is 85.8 Å². The van der Waals surface area contributed by atoms with Gasteiger partial charge in [-0.2, -0.15) is 5.10 Å². The Morgan fingerprint density at radius 1 is 1.55 bits per heavy atom. The molecule has 0 spiro atoms. The maximum absolute atomic E-state index is 12.1. The maximum atomic E-state index is 12.1. The molecule has 20 heavy (non-hydrogen) atoms. The van der Waals surface area contributed by atoms with Gasteiger partial charge in [0.15, 0.2) is 0 Å². The van der Waals surface area contributed by atoms with E-state index in [9.17, 15) is 4.79 Å². The molecule has 0 bridgehead atoms. The Hall–Kier alpha value is -1.92. The number of aromatic nitrogens is 3. The number of benzene rings is 1. The van der Waals surface area contributed by atoms with Crippen LogP contribution >= 0.6 is 11.6 Å². The molecule has 0 saturated carbocycles. The Morgan fingerprint density at radius 3 is 2.95 bits per heavy atom. The standard InChI is InChI=1S/C13H16ClN5O/c1-2-9(6-15)13(20)18-11-5-3-4-10(14)12(11)19-8-16-7-17-19/h3-5,7-9H,2,6,15H2,1H3,(H,18,20). The second kappa shape index (κ2) is 6.49. The molecule has 0 saturated heterocycles. The van der Waals surface area contributed by atoms with Crippen molar-refractivity contribution < 1.29 is 4.79 Å². The molecule has 106 valence electrons. The van der Waals surface area contributed by atoms with Crippen LogP contribution in [0.5, 0.6) is 0 Å². The predicted octanol–water partition coefficient (Wildman–Crippen LogP) is 1.84. The van der Waals surface area contributed by atoms with Gasteiger partial charge in [0.1, 0.15) is 18.3 Å². The lowest BCUT2D eigenvalue weighted by atomic mass is 10.1. The highest BCUT2D eigenvalue weighted by molar-refractivity contribution is 6.33. The third-order valence-electron chi connectivity index (χ3n) is 3.04. The molecule has 6 nitrogen and oxygen atoms in total. The number of carbonyl (C=O) groups is 1. The van der Waals surface area contributed by atoms with Crippen molar-refractivity contribution >= 4 is 23.2 Å². The molecule has 1 aromatic heterocycles. The van der Waals surface area contributed by atoms with Gasteiger partial charge in [0.05, 0.1) is 16.6 Å². The van der Waals surface area contributed by atoms with E-state index in [0.717, 1.165) is 0 Å². The second-order valence-corrected chi connectivity index (χ2v) is 4.71. The van der Waals surface area contributed by atoms with Gasteiger partial charge in [-0.15, -0.1) is 0 Å². The number of nitrogens with zero attached hydrogens (tertiary/aromatic N) is 3. The first-order chi connectivity index (χ1) is 9.67. The number of nitrogens with one attached hydrogen (secondary N) is 1. The number of carbonyl (C=O) groups excluding carboxylic acids is 1. The Bertz CT molecular complexity index is 580. The van der Waals surface area contributed by atoms with E-state index in [4.69, 9.17) is 17.3 Å².